The summed E-state index contributed by atoms with van der Waals surface area (Å²) in [5, 5.41) is 0. The van der Waals surface area contributed by atoms with Gasteiger partial charge in [-0.25, -0.2) is 9.59 Å². The second-order valence-corrected chi connectivity index (χ2v) is 7.11. The summed E-state index contributed by atoms with van der Waals surface area (Å²) in [6, 6.07) is 9.33. The molecule has 2 aromatic carbocycles. The van der Waals surface area contributed by atoms with Gasteiger partial charge in [-0.05, 0) is 36.4 Å². The third-order valence-electron chi connectivity index (χ3n) is 4.69. The number of ether oxygens (including phenoxy) is 6. The number of hydrogen-bond donors (Lipinski definition) is 0. The number of hydrogen-bond acceptors (Lipinski definition) is 9. The predicted molar refractivity (Wildman–Crippen MR) is 110 cm³/mol. The van der Waals surface area contributed by atoms with E-state index >= 15 is 0 Å². The molecule has 0 spiro atoms. The Morgan fingerprint density at radius 2 is 1.03 bits per heavy atom. The zero-order valence-electron chi connectivity index (χ0n) is 17.3. The summed E-state index contributed by atoms with van der Waals surface area (Å²) in [6.07, 6.45) is 1.49. The highest BCUT2D eigenvalue weighted by molar-refractivity contribution is 5.94. The van der Waals surface area contributed by atoms with Crippen LogP contribution in [0.15, 0.2) is 36.4 Å². The molecule has 0 bridgehead atoms. The fourth-order valence-corrected chi connectivity index (χ4v) is 3.08. The smallest absolute Gasteiger partial charge is 0.338 e. The van der Waals surface area contributed by atoms with E-state index in [1.807, 2.05) is 0 Å². The van der Waals surface area contributed by atoms with Crippen molar-refractivity contribution >= 4 is 17.7 Å². The number of Topliss-reactive ketones (excluding diaryl/α,β-unsaturated/α-hetero) is 1. The van der Waals surface area contributed by atoms with Crippen molar-refractivity contribution in [3.05, 3.63) is 47.5 Å². The van der Waals surface area contributed by atoms with Crippen molar-refractivity contribution < 1.29 is 42.8 Å². The Bertz CT molecular complexity index is 935. The van der Waals surface area contributed by atoms with E-state index < -0.39 is 30.9 Å². The molecule has 9 nitrogen and oxygen atoms in total. The topological polar surface area (TPSA) is 107 Å². The van der Waals surface area contributed by atoms with Gasteiger partial charge in [0.2, 0.25) is 5.78 Å². The first-order valence-corrected chi connectivity index (χ1v) is 10.3. The Kier molecular flexibility index (Phi) is 6.74. The van der Waals surface area contributed by atoms with Gasteiger partial charge in [-0.2, -0.15) is 0 Å². The summed E-state index contributed by atoms with van der Waals surface area (Å²) >= 11 is 0. The van der Waals surface area contributed by atoms with E-state index in [2.05, 4.69) is 0 Å². The number of esters is 2. The number of ketones is 1. The molecule has 168 valence electrons. The average Bonchev–Trinajstić information content (AvgIpc) is 3.20. The molecule has 32 heavy (non-hydrogen) atoms. The summed E-state index contributed by atoms with van der Waals surface area (Å²) in [6.45, 7) is 0.993. The van der Waals surface area contributed by atoms with Gasteiger partial charge in [0, 0.05) is 12.8 Å². The molecule has 2 aliphatic heterocycles. The molecule has 0 aliphatic carbocycles. The van der Waals surface area contributed by atoms with Gasteiger partial charge in [0.25, 0.3) is 0 Å². The van der Waals surface area contributed by atoms with Crippen molar-refractivity contribution in [1.82, 2.24) is 0 Å². The van der Waals surface area contributed by atoms with Gasteiger partial charge in [0.1, 0.15) is 0 Å². The van der Waals surface area contributed by atoms with Gasteiger partial charge in [0.15, 0.2) is 36.2 Å². The van der Waals surface area contributed by atoms with Gasteiger partial charge >= 0.3 is 11.9 Å². The highest BCUT2D eigenvalue weighted by Crippen LogP contribution is 2.31. The summed E-state index contributed by atoms with van der Waals surface area (Å²) in [4.78, 5) is 36.5. The van der Waals surface area contributed by atoms with Gasteiger partial charge in [-0.1, -0.05) is 0 Å². The molecule has 0 unspecified atom stereocenters. The first-order chi connectivity index (χ1) is 15.6. The molecule has 0 saturated heterocycles. The molecule has 0 atom stereocenters. The third-order valence-corrected chi connectivity index (χ3v) is 4.69. The predicted octanol–water partition coefficient (Wildman–Crippen LogP) is 2.59. The second-order valence-electron chi connectivity index (χ2n) is 7.11. The van der Waals surface area contributed by atoms with Crippen LogP contribution < -0.4 is 18.9 Å². The Balaban J connectivity index is 1.26. The van der Waals surface area contributed by atoms with Crippen molar-refractivity contribution in [3.8, 4) is 23.0 Å². The summed E-state index contributed by atoms with van der Waals surface area (Å²) in [5.41, 5.74) is 0.456. The molecule has 0 fully saturated rings. The van der Waals surface area contributed by atoms with E-state index in [0.717, 1.165) is 12.8 Å². The molecule has 4 rings (SSSR count). The van der Waals surface area contributed by atoms with E-state index in [4.69, 9.17) is 28.4 Å². The summed E-state index contributed by atoms with van der Waals surface area (Å²) < 4.78 is 32.2. The Labute approximate surface area is 184 Å². The maximum Gasteiger partial charge on any atom is 0.338 e. The number of rotatable bonds is 6. The monoisotopic (exact) mass is 442 g/mol. The summed E-state index contributed by atoms with van der Waals surface area (Å²) in [5.74, 6) is 0.0649. The fourth-order valence-electron chi connectivity index (χ4n) is 3.08. The van der Waals surface area contributed by atoms with Crippen LogP contribution in [0, 0.1) is 0 Å². The van der Waals surface area contributed by atoms with Gasteiger partial charge in [-0.3, -0.25) is 4.79 Å². The second kappa shape index (κ2) is 10.0. The van der Waals surface area contributed by atoms with Crippen LogP contribution in [0.5, 0.6) is 23.0 Å². The van der Waals surface area contributed by atoms with Crippen molar-refractivity contribution in [2.75, 3.05) is 39.6 Å². The van der Waals surface area contributed by atoms with Crippen LogP contribution in [-0.4, -0.2) is 57.4 Å². The Hall–Kier alpha value is -3.75. The molecule has 0 N–H and O–H groups in total. The average molecular weight is 442 g/mol. The third kappa shape index (κ3) is 5.29. The van der Waals surface area contributed by atoms with Crippen LogP contribution in [0.1, 0.15) is 33.6 Å². The molecule has 9 heteroatoms. The quantitative estimate of drug-likeness (QED) is 0.624. The molecule has 2 aliphatic rings. The van der Waals surface area contributed by atoms with Crippen LogP contribution in [-0.2, 0) is 14.3 Å². The minimum atomic E-state index is -0.691. The minimum Gasteiger partial charge on any atom is -0.490 e. The molecule has 0 aromatic heterocycles. The number of fused-ring (bicyclic) bond motifs is 2. The van der Waals surface area contributed by atoms with E-state index in [1.54, 1.807) is 12.1 Å². The zero-order chi connectivity index (χ0) is 22.3. The van der Waals surface area contributed by atoms with Crippen molar-refractivity contribution in [3.63, 3.8) is 0 Å². The lowest BCUT2D eigenvalue weighted by atomic mass is 10.2. The van der Waals surface area contributed by atoms with Gasteiger partial charge in [0.05, 0.1) is 37.6 Å². The lowest BCUT2D eigenvalue weighted by Gasteiger charge is -2.10. The lowest BCUT2D eigenvalue weighted by Crippen LogP contribution is -2.20. The van der Waals surface area contributed by atoms with Crippen LogP contribution in [0.4, 0.5) is 0 Å². The Morgan fingerprint density at radius 1 is 0.625 bits per heavy atom. The van der Waals surface area contributed by atoms with Crippen molar-refractivity contribution in [1.29, 1.82) is 0 Å². The molecule has 0 amide bonds. The molecular weight excluding hydrogens is 420 g/mol. The van der Waals surface area contributed by atoms with Crippen molar-refractivity contribution in [2.45, 2.75) is 12.8 Å². The molecule has 0 saturated carbocycles. The van der Waals surface area contributed by atoms with Crippen LogP contribution in [0.2, 0.25) is 0 Å². The zero-order valence-corrected chi connectivity index (χ0v) is 17.3. The molecular formula is C23H22O9. The maximum atomic E-state index is 12.2. The number of benzene rings is 2. The van der Waals surface area contributed by atoms with Gasteiger partial charge < -0.3 is 28.4 Å². The first kappa shape index (κ1) is 21.5. The molecule has 0 radical (unpaired) electrons. The van der Waals surface area contributed by atoms with Crippen LogP contribution in [0.3, 0.4) is 0 Å². The molecule has 2 heterocycles. The van der Waals surface area contributed by atoms with Gasteiger partial charge in [-0.15, -0.1) is 0 Å². The standard InChI is InChI=1S/C23H22O9/c24-17(13-31-22(25)15-3-5-18-20(11-15)29-9-1-7-27-18)14-32-23(26)16-4-6-19-21(12-16)30-10-2-8-28-19/h3-6,11-12H,1-2,7-10,13-14H2. The minimum absolute atomic E-state index is 0.228. The highest BCUT2D eigenvalue weighted by atomic mass is 16.6. The van der Waals surface area contributed by atoms with E-state index in [9.17, 15) is 14.4 Å². The van der Waals surface area contributed by atoms with Crippen LogP contribution >= 0.6 is 0 Å². The SMILES string of the molecule is O=C(COC(=O)c1ccc2c(c1)OCCCO2)COC(=O)c1ccc2c(c1)OCCCO2. The number of carbonyl (C=O) groups excluding carboxylic acids is 3. The Morgan fingerprint density at radius 3 is 1.47 bits per heavy atom. The van der Waals surface area contributed by atoms with Crippen molar-refractivity contribution in [2.24, 2.45) is 0 Å². The van der Waals surface area contributed by atoms with E-state index in [0.29, 0.717) is 49.4 Å². The lowest BCUT2D eigenvalue weighted by molar-refractivity contribution is -0.125. The van der Waals surface area contributed by atoms with E-state index in [-0.39, 0.29) is 11.1 Å². The normalized spacial score (nSPS) is 14.5. The van der Waals surface area contributed by atoms with E-state index in [1.165, 1.54) is 24.3 Å². The summed E-state index contributed by atoms with van der Waals surface area (Å²) in [7, 11) is 0. The first-order valence-electron chi connectivity index (χ1n) is 10.3. The van der Waals surface area contributed by atoms with Crippen LogP contribution in [0.25, 0.3) is 0 Å². The highest BCUT2D eigenvalue weighted by Gasteiger charge is 2.18. The number of carbonyl (C=O) groups is 3. The fraction of sp³-hybridized carbons (Fsp3) is 0.348. The largest absolute Gasteiger partial charge is 0.490 e. The maximum absolute atomic E-state index is 12.2. The molecule has 2 aromatic rings.